The second kappa shape index (κ2) is 5.14. The second-order valence-electron chi connectivity index (χ2n) is 2.85. The zero-order valence-electron chi connectivity index (χ0n) is 7.90. The first-order chi connectivity index (χ1) is 7.13. The summed E-state index contributed by atoms with van der Waals surface area (Å²) in [4.78, 5) is 17.1. The molecule has 1 aromatic heterocycles. The summed E-state index contributed by atoms with van der Waals surface area (Å²) in [7, 11) is 0. The Balaban J connectivity index is 2.76. The van der Waals surface area contributed by atoms with Crippen molar-refractivity contribution in [3.05, 3.63) is 22.1 Å². The molecular formula is C9H11N3O3. The Morgan fingerprint density at radius 1 is 1.67 bits per heavy atom. The average molecular weight is 209 g/mol. The minimum absolute atomic E-state index is 0.0287. The summed E-state index contributed by atoms with van der Waals surface area (Å²) in [6, 6.07) is 0. The number of nitrogen functional groups attached to an aromatic ring is 1. The molecule has 0 fully saturated rings. The third kappa shape index (κ3) is 3.42. The lowest BCUT2D eigenvalue weighted by Gasteiger charge is -1.98. The van der Waals surface area contributed by atoms with E-state index in [2.05, 4.69) is 21.8 Å². The van der Waals surface area contributed by atoms with Gasteiger partial charge in [0.25, 0.3) is 5.56 Å². The number of aromatic nitrogens is 2. The van der Waals surface area contributed by atoms with E-state index in [0.717, 1.165) is 0 Å². The summed E-state index contributed by atoms with van der Waals surface area (Å²) in [5.74, 6) is 5.10. The highest BCUT2D eigenvalue weighted by atomic mass is 16.3. The maximum atomic E-state index is 11.2. The maximum absolute atomic E-state index is 11.2. The molecule has 0 radical (unpaired) electrons. The van der Waals surface area contributed by atoms with Gasteiger partial charge in [-0.1, -0.05) is 11.8 Å². The lowest BCUT2D eigenvalue weighted by molar-refractivity contribution is 0.0992. The van der Waals surface area contributed by atoms with Gasteiger partial charge in [-0.05, 0) is 0 Å². The Kier molecular flexibility index (Phi) is 3.85. The van der Waals surface area contributed by atoms with Crippen molar-refractivity contribution in [2.24, 2.45) is 0 Å². The Bertz CT molecular complexity index is 444. The molecule has 15 heavy (non-hydrogen) atoms. The van der Waals surface area contributed by atoms with Gasteiger partial charge in [0.15, 0.2) is 0 Å². The molecule has 0 spiro atoms. The van der Waals surface area contributed by atoms with Crippen LogP contribution in [0.2, 0.25) is 0 Å². The number of hydrogen-bond donors (Lipinski definition) is 4. The largest absolute Gasteiger partial charge is 0.394 e. The standard InChI is InChI=1S/C9H11N3O3/c10-9-11-4-6(8(15)12-9)2-1-3-7(14)5-13/h4,7,13-14H,3,5H2,(H3,10,11,12,15). The van der Waals surface area contributed by atoms with E-state index in [-0.39, 0.29) is 24.5 Å². The number of aromatic amines is 1. The van der Waals surface area contributed by atoms with Gasteiger partial charge >= 0.3 is 0 Å². The molecule has 6 nitrogen and oxygen atoms in total. The molecular weight excluding hydrogens is 198 g/mol. The van der Waals surface area contributed by atoms with Crippen molar-refractivity contribution in [2.45, 2.75) is 12.5 Å². The summed E-state index contributed by atoms with van der Waals surface area (Å²) < 4.78 is 0. The predicted octanol–water partition coefficient (Wildman–Crippen LogP) is -1.55. The fraction of sp³-hybridized carbons (Fsp3) is 0.333. The number of nitrogens with zero attached hydrogens (tertiary/aromatic N) is 1. The third-order valence-corrected chi connectivity index (χ3v) is 1.59. The highest BCUT2D eigenvalue weighted by Crippen LogP contribution is 1.90. The highest BCUT2D eigenvalue weighted by molar-refractivity contribution is 5.32. The molecule has 1 rings (SSSR count). The van der Waals surface area contributed by atoms with Crippen LogP contribution in [0.1, 0.15) is 12.0 Å². The van der Waals surface area contributed by atoms with Crippen molar-refractivity contribution in [3.8, 4) is 11.8 Å². The molecule has 1 heterocycles. The topological polar surface area (TPSA) is 112 Å². The SMILES string of the molecule is Nc1nc(=O)c(C#CCC(O)CO)c[nH]1. The van der Waals surface area contributed by atoms with Crippen LogP contribution in [-0.4, -0.2) is 32.9 Å². The molecule has 0 aliphatic heterocycles. The average Bonchev–Trinajstić information content (AvgIpc) is 2.21. The molecule has 0 saturated carbocycles. The van der Waals surface area contributed by atoms with Crippen molar-refractivity contribution in [1.29, 1.82) is 0 Å². The first kappa shape index (κ1) is 11.2. The van der Waals surface area contributed by atoms with Gasteiger partial charge in [-0.3, -0.25) is 4.79 Å². The Morgan fingerprint density at radius 2 is 2.40 bits per heavy atom. The van der Waals surface area contributed by atoms with Crippen LogP contribution in [-0.2, 0) is 0 Å². The van der Waals surface area contributed by atoms with Gasteiger partial charge in [-0.25, -0.2) is 0 Å². The molecule has 0 saturated heterocycles. The van der Waals surface area contributed by atoms with Crippen LogP contribution in [0.4, 0.5) is 5.95 Å². The molecule has 5 N–H and O–H groups in total. The van der Waals surface area contributed by atoms with E-state index >= 15 is 0 Å². The number of anilines is 1. The summed E-state index contributed by atoms with van der Waals surface area (Å²) in [5, 5.41) is 17.5. The Hall–Kier alpha value is -1.84. The van der Waals surface area contributed by atoms with Crippen LogP contribution in [0.15, 0.2) is 11.0 Å². The molecule has 1 aromatic rings. The minimum atomic E-state index is -0.890. The molecule has 0 aliphatic carbocycles. The van der Waals surface area contributed by atoms with E-state index in [1.54, 1.807) is 0 Å². The van der Waals surface area contributed by atoms with Crippen molar-refractivity contribution in [2.75, 3.05) is 12.3 Å². The van der Waals surface area contributed by atoms with Crippen LogP contribution in [0.5, 0.6) is 0 Å². The Morgan fingerprint density at radius 3 is 3.00 bits per heavy atom. The fourth-order valence-electron chi connectivity index (χ4n) is 0.828. The van der Waals surface area contributed by atoms with Crippen molar-refractivity contribution in [3.63, 3.8) is 0 Å². The monoisotopic (exact) mass is 209 g/mol. The first-order valence-electron chi connectivity index (χ1n) is 4.26. The van der Waals surface area contributed by atoms with Crippen LogP contribution in [0.3, 0.4) is 0 Å². The lowest BCUT2D eigenvalue weighted by Crippen LogP contribution is -2.14. The molecule has 80 valence electrons. The van der Waals surface area contributed by atoms with Crippen LogP contribution >= 0.6 is 0 Å². The quantitative estimate of drug-likeness (QED) is 0.440. The van der Waals surface area contributed by atoms with Gasteiger partial charge in [0.05, 0.1) is 12.7 Å². The summed E-state index contributed by atoms with van der Waals surface area (Å²) in [6.45, 7) is -0.356. The summed E-state index contributed by atoms with van der Waals surface area (Å²) >= 11 is 0. The van der Waals surface area contributed by atoms with Crippen molar-refractivity contribution < 1.29 is 10.2 Å². The van der Waals surface area contributed by atoms with Gasteiger partial charge in [0.1, 0.15) is 5.56 Å². The van der Waals surface area contributed by atoms with E-state index in [1.165, 1.54) is 6.20 Å². The van der Waals surface area contributed by atoms with E-state index in [0.29, 0.717) is 0 Å². The first-order valence-corrected chi connectivity index (χ1v) is 4.26. The van der Waals surface area contributed by atoms with E-state index in [9.17, 15) is 4.79 Å². The van der Waals surface area contributed by atoms with Crippen LogP contribution < -0.4 is 11.3 Å². The zero-order chi connectivity index (χ0) is 11.3. The number of nitrogens with one attached hydrogen (secondary N) is 1. The predicted molar refractivity (Wildman–Crippen MR) is 53.9 cm³/mol. The normalized spacial score (nSPS) is 11.6. The van der Waals surface area contributed by atoms with E-state index in [1.807, 2.05) is 0 Å². The number of hydrogen-bond acceptors (Lipinski definition) is 5. The van der Waals surface area contributed by atoms with E-state index < -0.39 is 11.7 Å². The molecule has 0 aromatic carbocycles. The van der Waals surface area contributed by atoms with Crippen LogP contribution in [0, 0.1) is 11.8 Å². The molecule has 0 bridgehead atoms. The molecule has 1 unspecified atom stereocenters. The van der Waals surface area contributed by atoms with E-state index in [4.69, 9.17) is 15.9 Å². The number of aliphatic hydroxyl groups excluding tert-OH is 2. The summed E-state index contributed by atoms with van der Waals surface area (Å²) in [5.41, 5.74) is 4.90. The number of nitrogens with two attached hydrogens (primary N) is 1. The van der Waals surface area contributed by atoms with Crippen molar-refractivity contribution >= 4 is 5.95 Å². The summed E-state index contributed by atoms with van der Waals surface area (Å²) in [6.07, 6.45) is 0.557. The second-order valence-corrected chi connectivity index (χ2v) is 2.85. The smallest absolute Gasteiger partial charge is 0.290 e. The zero-order valence-corrected chi connectivity index (χ0v) is 7.90. The van der Waals surface area contributed by atoms with Gasteiger partial charge in [0.2, 0.25) is 5.95 Å². The number of aliphatic hydroxyl groups is 2. The molecule has 0 aliphatic rings. The van der Waals surface area contributed by atoms with Gasteiger partial charge in [-0.2, -0.15) is 4.98 Å². The van der Waals surface area contributed by atoms with Crippen molar-refractivity contribution in [1.82, 2.24) is 9.97 Å². The van der Waals surface area contributed by atoms with Gasteiger partial charge in [-0.15, -0.1) is 0 Å². The lowest BCUT2D eigenvalue weighted by atomic mass is 10.2. The molecule has 6 heteroatoms. The Labute approximate surface area is 85.8 Å². The minimum Gasteiger partial charge on any atom is -0.394 e. The molecule has 0 amide bonds. The number of H-pyrrole nitrogens is 1. The number of rotatable bonds is 2. The molecule has 1 atom stereocenters. The van der Waals surface area contributed by atoms with Gasteiger partial charge < -0.3 is 20.9 Å². The highest BCUT2D eigenvalue weighted by Gasteiger charge is 1.99. The maximum Gasteiger partial charge on any atom is 0.290 e. The fourth-order valence-corrected chi connectivity index (χ4v) is 0.828. The third-order valence-electron chi connectivity index (χ3n) is 1.59. The van der Waals surface area contributed by atoms with Crippen LogP contribution in [0.25, 0.3) is 0 Å². The van der Waals surface area contributed by atoms with Gasteiger partial charge in [0, 0.05) is 12.6 Å².